The highest BCUT2D eigenvalue weighted by Crippen LogP contribution is 2.25. The van der Waals surface area contributed by atoms with Crippen LogP contribution < -0.4 is 5.32 Å². The smallest absolute Gasteiger partial charge is 0.258 e. The molecule has 1 rings (SSSR count). The fourth-order valence-corrected chi connectivity index (χ4v) is 1.51. The van der Waals surface area contributed by atoms with Crippen molar-refractivity contribution in [3.63, 3.8) is 0 Å². The number of nitrogens with one attached hydrogen (secondary N) is 1. The fraction of sp³-hybridized carbons (Fsp3) is 0.500. The van der Waals surface area contributed by atoms with Crippen LogP contribution in [0.4, 0.5) is 0 Å². The maximum Gasteiger partial charge on any atom is 0.258 e. The number of carbonyl (C=O) groups excluding carboxylic acids is 1. The van der Waals surface area contributed by atoms with Gasteiger partial charge in [-0.1, -0.05) is 19.9 Å². The van der Waals surface area contributed by atoms with Crippen LogP contribution in [0.3, 0.4) is 0 Å². The molecular weight excluding hydrogens is 246 g/mol. The van der Waals surface area contributed by atoms with E-state index in [1.165, 1.54) is 18.2 Å². The SMILES string of the molecule is CC(C)CCOCCNC(=O)c1c(O)cccc1O. The number of benzene rings is 1. The van der Waals surface area contributed by atoms with E-state index in [1.807, 2.05) is 0 Å². The van der Waals surface area contributed by atoms with E-state index in [9.17, 15) is 15.0 Å². The Labute approximate surface area is 113 Å². The van der Waals surface area contributed by atoms with Gasteiger partial charge in [0.05, 0.1) is 6.61 Å². The normalized spacial score (nSPS) is 10.7. The van der Waals surface area contributed by atoms with Gasteiger partial charge in [0.25, 0.3) is 5.91 Å². The standard InChI is InChI=1S/C14H21NO4/c1-10(2)6-8-19-9-7-15-14(18)13-11(16)4-3-5-12(13)17/h3-5,10,16-17H,6-9H2,1-2H3,(H,15,18). The Bertz CT molecular complexity index is 398. The molecule has 0 radical (unpaired) electrons. The first kappa shape index (κ1) is 15.3. The van der Waals surface area contributed by atoms with Crippen LogP contribution in [-0.2, 0) is 4.74 Å². The van der Waals surface area contributed by atoms with Crippen LogP contribution in [0.15, 0.2) is 18.2 Å². The Morgan fingerprint density at radius 3 is 2.47 bits per heavy atom. The van der Waals surface area contributed by atoms with Crippen LogP contribution in [0, 0.1) is 5.92 Å². The zero-order valence-corrected chi connectivity index (χ0v) is 11.3. The monoisotopic (exact) mass is 267 g/mol. The average Bonchev–Trinajstić information content (AvgIpc) is 2.33. The second-order valence-electron chi connectivity index (χ2n) is 4.72. The molecule has 0 bridgehead atoms. The fourth-order valence-electron chi connectivity index (χ4n) is 1.51. The van der Waals surface area contributed by atoms with Gasteiger partial charge in [-0.05, 0) is 24.5 Å². The van der Waals surface area contributed by atoms with Crippen molar-refractivity contribution in [2.45, 2.75) is 20.3 Å². The topological polar surface area (TPSA) is 78.8 Å². The minimum absolute atomic E-state index is 0.107. The Kier molecular flexibility index (Phi) is 6.15. The van der Waals surface area contributed by atoms with Crippen LogP contribution in [0.2, 0.25) is 0 Å². The molecule has 1 amide bonds. The summed E-state index contributed by atoms with van der Waals surface area (Å²) in [4.78, 5) is 11.7. The van der Waals surface area contributed by atoms with Gasteiger partial charge in [-0.25, -0.2) is 0 Å². The molecule has 5 nitrogen and oxygen atoms in total. The highest BCUT2D eigenvalue weighted by atomic mass is 16.5. The minimum atomic E-state index is -0.511. The van der Waals surface area contributed by atoms with Crippen molar-refractivity contribution in [3.8, 4) is 11.5 Å². The summed E-state index contributed by atoms with van der Waals surface area (Å²) in [6.45, 7) is 5.64. The maximum atomic E-state index is 11.7. The molecule has 1 aromatic carbocycles. The number of hydrogen-bond donors (Lipinski definition) is 3. The number of hydrogen-bond acceptors (Lipinski definition) is 4. The van der Waals surface area contributed by atoms with E-state index in [1.54, 1.807) is 0 Å². The first-order valence-electron chi connectivity index (χ1n) is 6.39. The lowest BCUT2D eigenvalue weighted by molar-refractivity contribution is 0.0900. The summed E-state index contributed by atoms with van der Waals surface area (Å²) in [5.74, 6) is -0.396. The summed E-state index contributed by atoms with van der Waals surface area (Å²) in [6, 6.07) is 4.18. The molecule has 3 N–H and O–H groups in total. The number of carbonyl (C=O) groups is 1. The third-order valence-electron chi connectivity index (χ3n) is 2.62. The van der Waals surface area contributed by atoms with Crippen LogP contribution in [0.1, 0.15) is 30.6 Å². The second-order valence-corrected chi connectivity index (χ2v) is 4.72. The van der Waals surface area contributed by atoms with Crippen molar-refractivity contribution < 1.29 is 19.7 Å². The van der Waals surface area contributed by atoms with Gasteiger partial charge in [-0.15, -0.1) is 0 Å². The molecule has 0 heterocycles. The van der Waals surface area contributed by atoms with E-state index in [4.69, 9.17) is 4.74 Å². The summed E-state index contributed by atoms with van der Waals surface area (Å²) in [6.07, 6.45) is 0.980. The summed E-state index contributed by atoms with van der Waals surface area (Å²) in [7, 11) is 0. The van der Waals surface area contributed by atoms with Crippen LogP contribution in [0.5, 0.6) is 11.5 Å². The predicted molar refractivity (Wildman–Crippen MR) is 72.4 cm³/mol. The second kappa shape index (κ2) is 7.63. The zero-order valence-electron chi connectivity index (χ0n) is 11.3. The molecule has 0 aliphatic rings. The van der Waals surface area contributed by atoms with Crippen molar-refractivity contribution in [3.05, 3.63) is 23.8 Å². The Balaban J connectivity index is 2.32. The Morgan fingerprint density at radius 1 is 1.26 bits per heavy atom. The van der Waals surface area contributed by atoms with Crippen molar-refractivity contribution in [2.75, 3.05) is 19.8 Å². The lowest BCUT2D eigenvalue weighted by atomic mass is 10.1. The third kappa shape index (κ3) is 5.18. The molecule has 1 aromatic rings. The molecule has 0 saturated heterocycles. The van der Waals surface area contributed by atoms with E-state index in [-0.39, 0.29) is 17.1 Å². The number of ether oxygens (including phenoxy) is 1. The summed E-state index contributed by atoms with van der Waals surface area (Å²) < 4.78 is 5.35. The quantitative estimate of drug-likeness (QED) is 0.659. The minimum Gasteiger partial charge on any atom is -0.507 e. The van der Waals surface area contributed by atoms with Gasteiger partial charge >= 0.3 is 0 Å². The lowest BCUT2D eigenvalue weighted by Gasteiger charge is -2.09. The first-order chi connectivity index (χ1) is 9.02. The molecule has 106 valence electrons. The number of amides is 1. The summed E-state index contributed by atoms with van der Waals surface area (Å²) >= 11 is 0. The Hall–Kier alpha value is -1.75. The molecule has 0 unspecified atom stereocenters. The van der Waals surface area contributed by atoms with Gasteiger partial charge in [0.2, 0.25) is 0 Å². The van der Waals surface area contributed by atoms with Crippen LogP contribution >= 0.6 is 0 Å². The predicted octanol–water partition coefficient (Wildman–Crippen LogP) is 1.89. The van der Waals surface area contributed by atoms with Gasteiger partial charge in [-0.3, -0.25) is 4.79 Å². The molecule has 0 aliphatic carbocycles. The van der Waals surface area contributed by atoms with Crippen LogP contribution in [0.25, 0.3) is 0 Å². The highest BCUT2D eigenvalue weighted by molar-refractivity contribution is 5.99. The number of phenols is 2. The largest absolute Gasteiger partial charge is 0.507 e. The maximum absolute atomic E-state index is 11.7. The number of rotatable bonds is 7. The van der Waals surface area contributed by atoms with Crippen molar-refractivity contribution in [1.29, 1.82) is 0 Å². The Morgan fingerprint density at radius 2 is 1.89 bits per heavy atom. The third-order valence-corrected chi connectivity index (χ3v) is 2.62. The molecular formula is C14H21NO4. The van der Waals surface area contributed by atoms with Crippen molar-refractivity contribution in [1.82, 2.24) is 5.32 Å². The van der Waals surface area contributed by atoms with E-state index < -0.39 is 5.91 Å². The van der Waals surface area contributed by atoms with Gasteiger partial charge in [0.15, 0.2) is 0 Å². The molecule has 0 aliphatic heterocycles. The van der Waals surface area contributed by atoms with Crippen molar-refractivity contribution in [2.24, 2.45) is 5.92 Å². The molecule has 0 aromatic heterocycles. The molecule has 5 heteroatoms. The van der Waals surface area contributed by atoms with Crippen LogP contribution in [-0.4, -0.2) is 35.9 Å². The number of aromatic hydroxyl groups is 2. The zero-order chi connectivity index (χ0) is 14.3. The van der Waals surface area contributed by atoms with Gasteiger partial charge in [0.1, 0.15) is 17.1 Å². The van der Waals surface area contributed by atoms with E-state index in [0.29, 0.717) is 25.7 Å². The average molecular weight is 267 g/mol. The van der Waals surface area contributed by atoms with E-state index >= 15 is 0 Å². The lowest BCUT2D eigenvalue weighted by Crippen LogP contribution is -2.27. The highest BCUT2D eigenvalue weighted by Gasteiger charge is 2.15. The van der Waals surface area contributed by atoms with Gasteiger partial charge in [0, 0.05) is 13.2 Å². The summed E-state index contributed by atoms with van der Waals surface area (Å²) in [5, 5.41) is 21.6. The molecule has 0 atom stereocenters. The van der Waals surface area contributed by atoms with Gasteiger partial charge in [-0.2, -0.15) is 0 Å². The first-order valence-corrected chi connectivity index (χ1v) is 6.39. The summed E-state index contributed by atoms with van der Waals surface area (Å²) in [5.41, 5.74) is -0.107. The molecule has 0 saturated carbocycles. The molecule has 0 spiro atoms. The molecule has 19 heavy (non-hydrogen) atoms. The van der Waals surface area contributed by atoms with Gasteiger partial charge < -0.3 is 20.3 Å². The van der Waals surface area contributed by atoms with E-state index in [0.717, 1.165) is 6.42 Å². The van der Waals surface area contributed by atoms with E-state index in [2.05, 4.69) is 19.2 Å². The van der Waals surface area contributed by atoms with Crippen molar-refractivity contribution >= 4 is 5.91 Å². The number of phenolic OH excluding ortho intramolecular Hbond substituents is 2. The molecule has 0 fully saturated rings.